The topological polar surface area (TPSA) is 40.5 Å². The fourth-order valence-electron chi connectivity index (χ4n) is 1.55. The Morgan fingerprint density at radius 3 is 2.64 bits per heavy atom. The Labute approximate surface area is 78.6 Å². The summed E-state index contributed by atoms with van der Waals surface area (Å²) in [5.41, 5.74) is 0.141. The molecule has 14 heavy (non-hydrogen) atoms. The van der Waals surface area contributed by atoms with Crippen molar-refractivity contribution in [3.8, 4) is 0 Å². The SMILES string of the molecule is O=C(O)N1Cc2ccccc2C1(F)F. The largest absolute Gasteiger partial charge is 0.465 e. The molecule has 1 aromatic carbocycles. The van der Waals surface area contributed by atoms with Gasteiger partial charge in [-0.3, -0.25) is 0 Å². The Balaban J connectivity index is 2.50. The fraction of sp³-hybridized carbons (Fsp3) is 0.222. The van der Waals surface area contributed by atoms with E-state index in [-0.39, 0.29) is 17.0 Å². The molecule has 0 saturated carbocycles. The highest BCUT2D eigenvalue weighted by atomic mass is 19.3. The Morgan fingerprint density at radius 2 is 2.07 bits per heavy atom. The number of amides is 1. The van der Waals surface area contributed by atoms with E-state index in [0.29, 0.717) is 5.56 Å². The summed E-state index contributed by atoms with van der Waals surface area (Å²) in [5, 5.41) is 8.57. The van der Waals surface area contributed by atoms with Gasteiger partial charge in [-0.2, -0.15) is 8.78 Å². The molecular weight excluding hydrogens is 192 g/mol. The number of carbonyl (C=O) groups is 1. The summed E-state index contributed by atoms with van der Waals surface area (Å²) in [6.07, 6.45) is -1.61. The van der Waals surface area contributed by atoms with Crippen molar-refractivity contribution < 1.29 is 18.7 Å². The molecule has 0 bridgehead atoms. The molecule has 74 valence electrons. The van der Waals surface area contributed by atoms with Gasteiger partial charge in [0.25, 0.3) is 0 Å². The molecule has 0 radical (unpaired) electrons. The molecule has 0 aliphatic carbocycles. The van der Waals surface area contributed by atoms with Crippen molar-refractivity contribution in [2.45, 2.75) is 12.6 Å². The Morgan fingerprint density at radius 1 is 1.43 bits per heavy atom. The second kappa shape index (κ2) is 2.67. The van der Waals surface area contributed by atoms with Gasteiger partial charge in [0.15, 0.2) is 0 Å². The third-order valence-electron chi connectivity index (χ3n) is 2.24. The molecule has 3 nitrogen and oxygen atoms in total. The fourth-order valence-corrected chi connectivity index (χ4v) is 1.55. The average molecular weight is 199 g/mol. The minimum atomic E-state index is -3.40. The van der Waals surface area contributed by atoms with Gasteiger partial charge < -0.3 is 5.11 Å². The van der Waals surface area contributed by atoms with Crippen molar-refractivity contribution in [2.75, 3.05) is 0 Å². The normalized spacial score (nSPS) is 18.0. The minimum Gasteiger partial charge on any atom is -0.465 e. The van der Waals surface area contributed by atoms with Crippen molar-refractivity contribution in [1.82, 2.24) is 4.90 Å². The zero-order valence-electron chi connectivity index (χ0n) is 7.08. The minimum absolute atomic E-state index is 0.137. The van der Waals surface area contributed by atoms with E-state index in [1.807, 2.05) is 0 Å². The van der Waals surface area contributed by atoms with Crippen LogP contribution in [0, 0.1) is 0 Å². The molecule has 0 saturated heterocycles. The number of fused-ring (bicyclic) bond motifs is 1. The maximum atomic E-state index is 13.4. The van der Waals surface area contributed by atoms with Gasteiger partial charge in [0, 0.05) is 5.56 Å². The second-order valence-electron chi connectivity index (χ2n) is 3.07. The van der Waals surface area contributed by atoms with Crippen LogP contribution >= 0.6 is 0 Å². The first kappa shape index (κ1) is 8.93. The number of nitrogens with zero attached hydrogens (tertiary/aromatic N) is 1. The quantitative estimate of drug-likeness (QED) is 0.651. The molecule has 0 spiro atoms. The Bertz CT molecular complexity index is 392. The van der Waals surface area contributed by atoms with Gasteiger partial charge in [0.2, 0.25) is 0 Å². The molecular formula is C9H7F2NO2. The van der Waals surface area contributed by atoms with Crippen LogP contribution in [0.5, 0.6) is 0 Å². The van der Waals surface area contributed by atoms with Crippen LogP contribution in [0.1, 0.15) is 11.1 Å². The average Bonchev–Trinajstić information content (AvgIpc) is 2.39. The second-order valence-corrected chi connectivity index (χ2v) is 3.07. The van der Waals surface area contributed by atoms with E-state index < -0.39 is 12.1 Å². The Kier molecular flexibility index (Phi) is 1.70. The Hall–Kier alpha value is -1.65. The van der Waals surface area contributed by atoms with Crippen molar-refractivity contribution in [3.05, 3.63) is 35.4 Å². The predicted molar refractivity (Wildman–Crippen MR) is 43.9 cm³/mol. The smallest absolute Gasteiger partial charge is 0.412 e. The van der Waals surface area contributed by atoms with Gasteiger partial charge in [0.05, 0.1) is 6.54 Å². The summed E-state index contributed by atoms with van der Waals surface area (Å²) in [6.45, 7) is -0.251. The number of hydrogen-bond donors (Lipinski definition) is 1. The zero-order valence-corrected chi connectivity index (χ0v) is 7.08. The van der Waals surface area contributed by atoms with Crippen LogP contribution < -0.4 is 0 Å². The molecule has 5 heteroatoms. The van der Waals surface area contributed by atoms with E-state index in [9.17, 15) is 13.6 Å². The van der Waals surface area contributed by atoms with Crippen LogP contribution in [0.15, 0.2) is 24.3 Å². The lowest BCUT2D eigenvalue weighted by Gasteiger charge is -2.20. The number of carboxylic acid groups (broad SMARTS) is 1. The predicted octanol–water partition coefficient (Wildman–Crippen LogP) is 2.23. The summed E-state index contributed by atoms with van der Waals surface area (Å²) in [6, 6.07) is 2.44. The summed E-state index contributed by atoms with van der Waals surface area (Å²) >= 11 is 0. The van der Waals surface area contributed by atoms with E-state index in [1.54, 1.807) is 6.07 Å². The van der Waals surface area contributed by atoms with Gasteiger partial charge in [-0.25, -0.2) is 9.69 Å². The first-order chi connectivity index (χ1) is 6.53. The van der Waals surface area contributed by atoms with E-state index in [1.165, 1.54) is 18.2 Å². The van der Waals surface area contributed by atoms with Crippen molar-refractivity contribution in [1.29, 1.82) is 0 Å². The molecule has 1 N–H and O–H groups in total. The first-order valence-electron chi connectivity index (χ1n) is 4.00. The van der Waals surface area contributed by atoms with Crippen molar-refractivity contribution in [3.63, 3.8) is 0 Å². The lowest BCUT2D eigenvalue weighted by atomic mass is 10.1. The molecule has 1 aliphatic heterocycles. The molecule has 2 rings (SSSR count). The summed E-state index contributed by atoms with van der Waals surface area (Å²) in [7, 11) is 0. The number of halogens is 2. The van der Waals surface area contributed by atoms with Crippen LogP contribution in [-0.2, 0) is 12.6 Å². The number of rotatable bonds is 0. The molecule has 0 fully saturated rings. The van der Waals surface area contributed by atoms with E-state index >= 15 is 0 Å². The summed E-state index contributed by atoms with van der Waals surface area (Å²) in [4.78, 5) is 10.7. The van der Waals surface area contributed by atoms with E-state index in [0.717, 1.165) is 0 Å². The van der Waals surface area contributed by atoms with Crippen molar-refractivity contribution in [2.24, 2.45) is 0 Å². The van der Waals surface area contributed by atoms with Gasteiger partial charge >= 0.3 is 12.1 Å². The third kappa shape index (κ3) is 1.05. The van der Waals surface area contributed by atoms with Crippen molar-refractivity contribution >= 4 is 6.09 Å². The van der Waals surface area contributed by atoms with Gasteiger partial charge in [-0.15, -0.1) is 0 Å². The maximum Gasteiger partial charge on any atom is 0.412 e. The van der Waals surface area contributed by atoms with Crippen LogP contribution in [0.2, 0.25) is 0 Å². The van der Waals surface area contributed by atoms with Crippen LogP contribution in [-0.4, -0.2) is 16.1 Å². The lowest BCUT2D eigenvalue weighted by Crippen LogP contribution is -2.37. The summed E-state index contributed by atoms with van der Waals surface area (Å²) in [5.74, 6) is 0. The highest BCUT2D eigenvalue weighted by molar-refractivity contribution is 5.67. The van der Waals surface area contributed by atoms with Crippen LogP contribution in [0.3, 0.4) is 0 Å². The van der Waals surface area contributed by atoms with Gasteiger partial charge in [-0.05, 0) is 5.56 Å². The highest BCUT2D eigenvalue weighted by Crippen LogP contribution is 2.41. The number of hydrogen-bond acceptors (Lipinski definition) is 1. The third-order valence-corrected chi connectivity index (χ3v) is 2.24. The monoisotopic (exact) mass is 199 g/mol. The molecule has 1 heterocycles. The van der Waals surface area contributed by atoms with Crippen LogP contribution in [0.25, 0.3) is 0 Å². The molecule has 1 aliphatic rings. The van der Waals surface area contributed by atoms with Gasteiger partial charge in [0.1, 0.15) is 0 Å². The number of benzene rings is 1. The lowest BCUT2D eigenvalue weighted by molar-refractivity contribution is -0.126. The molecule has 1 aromatic rings. The zero-order chi connectivity index (χ0) is 10.3. The number of alkyl halides is 2. The standard InChI is InChI=1S/C9H7F2NO2/c10-9(11)7-4-2-1-3-6(7)5-12(9)8(13)14/h1-4H,5H2,(H,13,14). The van der Waals surface area contributed by atoms with E-state index in [2.05, 4.69) is 0 Å². The van der Waals surface area contributed by atoms with Gasteiger partial charge in [-0.1, -0.05) is 24.3 Å². The molecule has 0 unspecified atom stereocenters. The molecule has 0 atom stereocenters. The highest BCUT2D eigenvalue weighted by Gasteiger charge is 2.49. The summed E-state index contributed by atoms with van der Waals surface area (Å²) < 4.78 is 26.8. The first-order valence-corrected chi connectivity index (χ1v) is 4.00. The maximum absolute atomic E-state index is 13.4. The molecule has 0 aromatic heterocycles. The van der Waals surface area contributed by atoms with Crippen LogP contribution in [0.4, 0.5) is 13.6 Å². The molecule has 1 amide bonds. The van der Waals surface area contributed by atoms with E-state index in [4.69, 9.17) is 5.11 Å².